The Morgan fingerprint density at radius 2 is 2.11 bits per heavy atom. The maximum Gasteiger partial charge on any atom is 0.309 e. The Labute approximate surface area is 169 Å². The normalized spacial score (nSPS) is 26.0. The highest BCUT2D eigenvalue weighted by atomic mass is 32.1. The molecule has 2 aromatic heterocycles. The van der Waals surface area contributed by atoms with Crippen molar-refractivity contribution in [2.45, 2.75) is 58.9 Å². The number of rotatable bonds is 4. The summed E-state index contributed by atoms with van der Waals surface area (Å²) in [5, 5.41) is 0.818. The summed E-state index contributed by atoms with van der Waals surface area (Å²) in [7, 11) is 0. The number of hydrogen-bond acceptors (Lipinski definition) is 5. The summed E-state index contributed by atoms with van der Waals surface area (Å²) in [6.07, 6.45) is 4.86. The number of ether oxygens (including phenoxy) is 1. The van der Waals surface area contributed by atoms with E-state index in [-0.39, 0.29) is 23.5 Å². The first-order chi connectivity index (χ1) is 13.5. The van der Waals surface area contributed by atoms with Crippen molar-refractivity contribution in [2.75, 3.05) is 19.7 Å². The van der Waals surface area contributed by atoms with Crippen molar-refractivity contribution < 1.29 is 14.4 Å². The van der Waals surface area contributed by atoms with Crippen LogP contribution in [0.2, 0.25) is 0 Å². The van der Waals surface area contributed by atoms with Crippen molar-refractivity contribution >= 4 is 27.5 Å². The molecule has 0 saturated carbocycles. The maximum atomic E-state index is 12.9. The van der Waals surface area contributed by atoms with Gasteiger partial charge in [-0.3, -0.25) is 9.59 Å². The van der Waals surface area contributed by atoms with Crippen LogP contribution < -0.4 is 10.5 Å². The summed E-state index contributed by atoms with van der Waals surface area (Å²) < 4.78 is 5.17. The summed E-state index contributed by atoms with van der Waals surface area (Å²) in [5.74, 6) is 1.40. The van der Waals surface area contributed by atoms with Crippen molar-refractivity contribution in [3.63, 3.8) is 0 Å². The average Bonchev–Trinajstić information content (AvgIpc) is 3.05. The molecule has 6 nitrogen and oxygen atoms in total. The second-order valence-corrected chi connectivity index (χ2v) is 9.47. The molecule has 2 aromatic rings. The lowest BCUT2D eigenvalue weighted by molar-refractivity contribution is -0.935. The zero-order valence-corrected chi connectivity index (χ0v) is 17.8. The molecule has 1 fully saturated rings. The predicted octanol–water partition coefficient (Wildman–Crippen LogP) is 2.03. The van der Waals surface area contributed by atoms with Crippen molar-refractivity contribution in [1.29, 1.82) is 0 Å². The second kappa shape index (κ2) is 7.95. The molecule has 2 aliphatic rings. The first kappa shape index (κ1) is 19.6. The van der Waals surface area contributed by atoms with E-state index in [0.717, 1.165) is 61.2 Å². The fourth-order valence-electron chi connectivity index (χ4n) is 4.68. The van der Waals surface area contributed by atoms with Crippen LogP contribution in [0.1, 0.15) is 62.3 Å². The van der Waals surface area contributed by atoms with Gasteiger partial charge in [0.15, 0.2) is 5.82 Å². The summed E-state index contributed by atoms with van der Waals surface area (Å²) in [6, 6.07) is 0.110. The number of quaternary nitrogens is 1. The molecule has 0 spiro atoms. The Balaban J connectivity index is 1.53. The van der Waals surface area contributed by atoms with E-state index in [0.29, 0.717) is 12.5 Å². The lowest BCUT2D eigenvalue weighted by Gasteiger charge is -2.31. The molecule has 2 atom stereocenters. The molecule has 0 amide bonds. The standard InChI is InChI=1S/C21H29N3O3S/c1-4-27-21(26)14-7-9-24(10-8-14)13(3)18-22-19(25)17-15-6-5-12(2)11-16(15)28-20(17)23-18/h12-14H,4-11H2,1-3H3,(H,22,23,25)/p+1/t12-,13-/m1/s1. The molecule has 152 valence electrons. The molecule has 28 heavy (non-hydrogen) atoms. The molecule has 0 radical (unpaired) electrons. The van der Waals surface area contributed by atoms with E-state index in [1.54, 1.807) is 11.3 Å². The Hall–Kier alpha value is -1.73. The number of H-pyrrole nitrogens is 1. The van der Waals surface area contributed by atoms with Gasteiger partial charge in [0, 0.05) is 17.7 Å². The third kappa shape index (κ3) is 3.62. The summed E-state index contributed by atoms with van der Waals surface area (Å²) >= 11 is 1.70. The van der Waals surface area contributed by atoms with Gasteiger partial charge < -0.3 is 14.6 Å². The number of esters is 1. The zero-order chi connectivity index (χ0) is 19.8. The van der Waals surface area contributed by atoms with Crippen molar-refractivity contribution in [3.8, 4) is 0 Å². The maximum absolute atomic E-state index is 12.9. The minimum Gasteiger partial charge on any atom is -0.466 e. The zero-order valence-electron chi connectivity index (χ0n) is 17.0. The van der Waals surface area contributed by atoms with Gasteiger partial charge in [-0.25, -0.2) is 4.98 Å². The van der Waals surface area contributed by atoms with Gasteiger partial charge in [0.25, 0.3) is 5.56 Å². The van der Waals surface area contributed by atoms with Crippen LogP contribution in [0.4, 0.5) is 0 Å². The van der Waals surface area contributed by atoms with Crippen molar-refractivity contribution in [2.24, 2.45) is 11.8 Å². The lowest BCUT2D eigenvalue weighted by Crippen LogP contribution is -3.13. The van der Waals surface area contributed by atoms with Crippen LogP contribution in [-0.4, -0.2) is 35.6 Å². The van der Waals surface area contributed by atoms with Crippen LogP contribution in [0.5, 0.6) is 0 Å². The number of aromatic nitrogens is 2. The van der Waals surface area contributed by atoms with E-state index >= 15 is 0 Å². The molecule has 1 aliphatic carbocycles. The Kier molecular flexibility index (Phi) is 5.56. The number of fused-ring (bicyclic) bond motifs is 3. The number of likely N-dealkylation sites (tertiary alicyclic amines) is 1. The van der Waals surface area contributed by atoms with Crippen LogP contribution in [0.15, 0.2) is 4.79 Å². The number of nitrogens with one attached hydrogen (secondary N) is 2. The fourth-order valence-corrected chi connectivity index (χ4v) is 6.07. The number of carbonyl (C=O) groups excluding carboxylic acids is 1. The van der Waals surface area contributed by atoms with Gasteiger partial charge in [0.05, 0.1) is 31.0 Å². The summed E-state index contributed by atoms with van der Waals surface area (Å²) in [6.45, 7) is 8.48. The highest BCUT2D eigenvalue weighted by Gasteiger charge is 2.33. The average molecular weight is 405 g/mol. The van der Waals surface area contributed by atoms with E-state index in [2.05, 4.69) is 18.8 Å². The Morgan fingerprint density at radius 3 is 2.82 bits per heavy atom. The number of nitrogens with zero attached hydrogens (tertiary/aromatic N) is 1. The van der Waals surface area contributed by atoms with E-state index < -0.39 is 0 Å². The van der Waals surface area contributed by atoms with Crippen LogP contribution >= 0.6 is 11.3 Å². The van der Waals surface area contributed by atoms with Gasteiger partial charge in [-0.15, -0.1) is 11.3 Å². The number of carbonyl (C=O) groups is 1. The molecule has 4 rings (SSSR count). The van der Waals surface area contributed by atoms with Crippen molar-refractivity contribution in [1.82, 2.24) is 9.97 Å². The van der Waals surface area contributed by atoms with Gasteiger partial charge >= 0.3 is 5.97 Å². The van der Waals surface area contributed by atoms with Crippen molar-refractivity contribution in [3.05, 3.63) is 26.6 Å². The van der Waals surface area contributed by atoms with Gasteiger partial charge in [-0.1, -0.05) is 6.92 Å². The monoisotopic (exact) mass is 404 g/mol. The first-order valence-corrected chi connectivity index (χ1v) is 11.3. The molecule has 2 N–H and O–H groups in total. The number of aromatic amines is 1. The molecule has 3 heterocycles. The molecule has 0 unspecified atom stereocenters. The van der Waals surface area contributed by atoms with Gasteiger partial charge in [0.1, 0.15) is 10.9 Å². The minimum absolute atomic E-state index is 0.0106. The van der Waals surface area contributed by atoms with E-state index in [1.165, 1.54) is 15.3 Å². The summed E-state index contributed by atoms with van der Waals surface area (Å²) in [5.41, 5.74) is 1.24. The van der Waals surface area contributed by atoms with Crippen LogP contribution in [-0.2, 0) is 22.4 Å². The van der Waals surface area contributed by atoms with E-state index in [1.807, 2.05) is 6.92 Å². The van der Waals surface area contributed by atoms with Gasteiger partial charge in [-0.2, -0.15) is 0 Å². The molecule has 0 aromatic carbocycles. The smallest absolute Gasteiger partial charge is 0.309 e. The molecule has 1 saturated heterocycles. The minimum atomic E-state index is -0.0689. The largest absolute Gasteiger partial charge is 0.466 e. The number of thiophene rings is 1. The lowest BCUT2D eigenvalue weighted by atomic mass is 9.89. The van der Waals surface area contributed by atoms with Crippen LogP contribution in [0.25, 0.3) is 10.2 Å². The Bertz CT molecular complexity index is 927. The quantitative estimate of drug-likeness (QED) is 0.765. The molecule has 0 bridgehead atoms. The third-order valence-electron chi connectivity index (χ3n) is 6.45. The third-order valence-corrected chi connectivity index (χ3v) is 7.60. The molecule has 7 heteroatoms. The SMILES string of the molecule is CCOC(=O)C1CC[NH+]([C@H](C)c2nc3sc4c(c3c(=O)[nH]2)CC[C@@H](C)C4)CC1. The fraction of sp³-hybridized carbons (Fsp3) is 0.667. The molecular weight excluding hydrogens is 374 g/mol. The van der Waals surface area contributed by atoms with E-state index in [9.17, 15) is 9.59 Å². The summed E-state index contributed by atoms with van der Waals surface area (Å²) in [4.78, 5) is 36.4. The van der Waals surface area contributed by atoms with Crippen LogP contribution in [0, 0.1) is 11.8 Å². The first-order valence-electron chi connectivity index (χ1n) is 10.5. The highest BCUT2D eigenvalue weighted by molar-refractivity contribution is 7.18. The van der Waals surface area contributed by atoms with Gasteiger partial charge in [0.2, 0.25) is 0 Å². The number of hydrogen-bond donors (Lipinski definition) is 2. The van der Waals surface area contributed by atoms with E-state index in [4.69, 9.17) is 9.72 Å². The second-order valence-electron chi connectivity index (χ2n) is 8.39. The molecule has 1 aliphatic heterocycles. The highest BCUT2D eigenvalue weighted by Crippen LogP contribution is 2.35. The Morgan fingerprint density at radius 1 is 1.36 bits per heavy atom. The number of piperidine rings is 1. The predicted molar refractivity (Wildman–Crippen MR) is 110 cm³/mol. The van der Waals surface area contributed by atoms with Crippen LogP contribution in [0.3, 0.4) is 0 Å². The number of aryl methyl sites for hydroxylation is 1. The van der Waals surface area contributed by atoms with Gasteiger partial charge in [-0.05, 0) is 44.6 Å². The topological polar surface area (TPSA) is 76.5 Å². The molecular formula is C21H30N3O3S+.